The molecular weight excluding hydrogens is 422 g/mol. The normalized spacial score (nSPS) is 17.3. The van der Waals surface area contributed by atoms with Gasteiger partial charge in [-0.1, -0.05) is 50.2 Å². The summed E-state index contributed by atoms with van der Waals surface area (Å²) in [6.45, 7) is 13.8. The molecule has 1 aromatic heterocycles. The monoisotopic (exact) mass is 461 g/mol. The highest BCUT2D eigenvalue weighted by Crippen LogP contribution is 2.31. The predicted octanol–water partition coefficient (Wildman–Crippen LogP) is 4.42. The molecule has 2 aromatic carbocycles. The van der Waals surface area contributed by atoms with Crippen LogP contribution < -0.4 is 10.2 Å². The predicted molar refractivity (Wildman–Crippen MR) is 144 cm³/mol. The van der Waals surface area contributed by atoms with Crippen LogP contribution in [0.3, 0.4) is 0 Å². The van der Waals surface area contributed by atoms with E-state index >= 15 is 0 Å². The number of rotatable bonds is 6. The minimum Gasteiger partial charge on any atom is -0.383 e. The van der Waals surface area contributed by atoms with E-state index in [2.05, 4.69) is 81.7 Å². The van der Waals surface area contributed by atoms with Crippen LogP contribution in [-0.2, 0) is 4.74 Å². The van der Waals surface area contributed by atoms with Crippen LogP contribution in [0.4, 0.5) is 11.5 Å². The smallest absolute Gasteiger partial charge is 0.131 e. The summed E-state index contributed by atoms with van der Waals surface area (Å²) < 4.78 is 5.49. The molecule has 6 nitrogen and oxygen atoms in total. The summed E-state index contributed by atoms with van der Waals surface area (Å²) in [7, 11) is 2.19. The van der Waals surface area contributed by atoms with Gasteiger partial charge in [-0.15, -0.1) is 0 Å². The molecule has 2 saturated heterocycles. The maximum Gasteiger partial charge on any atom is 0.131 e. The van der Waals surface area contributed by atoms with Gasteiger partial charge in [-0.05, 0) is 30.3 Å². The number of anilines is 2. The third-order valence-electron chi connectivity index (χ3n) is 6.58. The number of fused-ring (bicyclic) bond motifs is 1. The molecule has 0 amide bonds. The van der Waals surface area contributed by atoms with Gasteiger partial charge < -0.3 is 19.9 Å². The second-order valence-electron chi connectivity index (χ2n) is 8.80. The first-order chi connectivity index (χ1) is 16.8. The van der Waals surface area contributed by atoms with E-state index in [0.29, 0.717) is 0 Å². The number of hydrogen-bond donors (Lipinski definition) is 1. The van der Waals surface area contributed by atoms with E-state index in [0.717, 1.165) is 76.9 Å². The maximum absolute atomic E-state index is 5.49. The van der Waals surface area contributed by atoms with Gasteiger partial charge in [-0.25, -0.2) is 4.98 Å². The van der Waals surface area contributed by atoms with Crippen molar-refractivity contribution in [1.82, 2.24) is 14.8 Å². The van der Waals surface area contributed by atoms with Crippen molar-refractivity contribution in [2.24, 2.45) is 0 Å². The number of ether oxygens (including phenoxy) is 1. The standard InChI is InChI=1S/C26H33N5O.C2H6/c1-29-11-13-31(14-12-29)26-20-25(27-9-10-30-15-17-32-18-16-30)23-19-22(7-8-24(23)28-26)21-5-3-2-4-6-21;1-2/h2-8,19-20H,9-18H2,1H3,(H,27,28);1-2H3. The van der Waals surface area contributed by atoms with Crippen molar-refractivity contribution in [3.8, 4) is 11.1 Å². The van der Waals surface area contributed by atoms with Crippen LogP contribution in [-0.4, -0.2) is 87.4 Å². The lowest BCUT2D eigenvalue weighted by Crippen LogP contribution is -2.44. The van der Waals surface area contributed by atoms with Gasteiger partial charge in [-0.2, -0.15) is 0 Å². The molecule has 2 fully saturated rings. The summed E-state index contributed by atoms with van der Waals surface area (Å²) in [4.78, 5) is 12.3. The van der Waals surface area contributed by atoms with Crippen LogP contribution in [0.5, 0.6) is 0 Å². The fraction of sp³-hybridized carbons (Fsp3) is 0.464. The molecule has 2 aliphatic heterocycles. The Hall–Kier alpha value is -2.67. The second kappa shape index (κ2) is 12.2. The topological polar surface area (TPSA) is 43.9 Å². The zero-order chi connectivity index (χ0) is 23.8. The summed E-state index contributed by atoms with van der Waals surface area (Å²) in [5.74, 6) is 1.08. The first-order valence-corrected chi connectivity index (χ1v) is 12.7. The summed E-state index contributed by atoms with van der Waals surface area (Å²) in [5, 5.41) is 4.93. The van der Waals surface area contributed by atoms with Gasteiger partial charge in [0.25, 0.3) is 0 Å². The molecule has 0 saturated carbocycles. The number of morpholine rings is 1. The van der Waals surface area contributed by atoms with Crippen molar-refractivity contribution in [2.75, 3.05) is 82.8 Å². The van der Waals surface area contributed by atoms with E-state index in [4.69, 9.17) is 9.72 Å². The highest BCUT2D eigenvalue weighted by atomic mass is 16.5. The number of piperazine rings is 1. The Labute approximate surface area is 204 Å². The number of nitrogens with one attached hydrogen (secondary N) is 1. The van der Waals surface area contributed by atoms with E-state index in [9.17, 15) is 0 Å². The van der Waals surface area contributed by atoms with Gasteiger partial charge in [0.05, 0.1) is 18.7 Å². The zero-order valence-electron chi connectivity index (χ0n) is 21.0. The van der Waals surface area contributed by atoms with Gasteiger partial charge in [0.15, 0.2) is 0 Å². The molecule has 0 radical (unpaired) electrons. The third kappa shape index (κ3) is 6.06. The lowest BCUT2D eigenvalue weighted by molar-refractivity contribution is 0.0398. The van der Waals surface area contributed by atoms with Crippen molar-refractivity contribution >= 4 is 22.4 Å². The molecule has 0 aliphatic carbocycles. The quantitative estimate of drug-likeness (QED) is 0.586. The lowest BCUT2D eigenvalue weighted by atomic mass is 10.0. The number of hydrogen-bond acceptors (Lipinski definition) is 6. The number of aromatic nitrogens is 1. The minimum absolute atomic E-state index is 0.839. The molecule has 0 atom stereocenters. The Morgan fingerprint density at radius 1 is 0.853 bits per heavy atom. The summed E-state index contributed by atoms with van der Waals surface area (Å²) in [5.41, 5.74) is 4.69. The van der Waals surface area contributed by atoms with Crippen molar-refractivity contribution in [3.63, 3.8) is 0 Å². The molecule has 3 heterocycles. The van der Waals surface area contributed by atoms with Crippen molar-refractivity contribution in [2.45, 2.75) is 13.8 Å². The van der Waals surface area contributed by atoms with E-state index in [1.165, 1.54) is 22.2 Å². The summed E-state index contributed by atoms with van der Waals surface area (Å²) in [6.07, 6.45) is 0. The van der Waals surface area contributed by atoms with Gasteiger partial charge in [-0.3, -0.25) is 4.90 Å². The molecule has 34 heavy (non-hydrogen) atoms. The van der Waals surface area contributed by atoms with Crippen molar-refractivity contribution in [1.29, 1.82) is 0 Å². The Kier molecular flexibility index (Phi) is 8.74. The molecule has 0 spiro atoms. The fourth-order valence-corrected chi connectivity index (χ4v) is 4.54. The largest absolute Gasteiger partial charge is 0.383 e. The second-order valence-corrected chi connectivity index (χ2v) is 8.80. The van der Waals surface area contributed by atoms with Crippen molar-refractivity contribution < 1.29 is 4.74 Å². The molecule has 1 N–H and O–H groups in total. The first kappa shape index (κ1) is 24.5. The van der Waals surface area contributed by atoms with Gasteiger partial charge >= 0.3 is 0 Å². The van der Waals surface area contributed by atoms with E-state index in [1.54, 1.807) is 0 Å². The molecule has 6 heteroatoms. The third-order valence-corrected chi connectivity index (χ3v) is 6.58. The molecular formula is C28H39N5O. The first-order valence-electron chi connectivity index (χ1n) is 12.7. The van der Waals surface area contributed by atoms with Crippen LogP contribution in [0, 0.1) is 0 Å². The molecule has 182 valence electrons. The highest BCUT2D eigenvalue weighted by molar-refractivity contribution is 5.96. The Bertz CT molecular complexity index is 1030. The Balaban J connectivity index is 0.00000133. The Morgan fingerprint density at radius 2 is 1.59 bits per heavy atom. The van der Waals surface area contributed by atoms with Crippen LogP contribution in [0.2, 0.25) is 0 Å². The number of nitrogens with zero attached hydrogens (tertiary/aromatic N) is 4. The van der Waals surface area contributed by atoms with E-state index < -0.39 is 0 Å². The summed E-state index contributed by atoms with van der Waals surface area (Å²) in [6, 6.07) is 19.5. The Morgan fingerprint density at radius 3 is 2.32 bits per heavy atom. The number of likely N-dealkylation sites (N-methyl/N-ethyl adjacent to an activating group) is 1. The molecule has 0 unspecified atom stereocenters. The fourth-order valence-electron chi connectivity index (χ4n) is 4.54. The summed E-state index contributed by atoms with van der Waals surface area (Å²) >= 11 is 0. The van der Waals surface area contributed by atoms with E-state index in [1.807, 2.05) is 13.8 Å². The number of pyridine rings is 1. The van der Waals surface area contributed by atoms with Crippen LogP contribution >= 0.6 is 0 Å². The SMILES string of the molecule is CC.CN1CCN(c2cc(NCCN3CCOCC3)c3cc(-c4ccccc4)ccc3n2)CC1. The van der Waals surface area contributed by atoms with Gasteiger partial charge in [0.2, 0.25) is 0 Å². The number of benzene rings is 2. The van der Waals surface area contributed by atoms with E-state index in [-0.39, 0.29) is 0 Å². The zero-order valence-corrected chi connectivity index (χ0v) is 21.0. The average Bonchev–Trinajstić information content (AvgIpc) is 2.91. The maximum atomic E-state index is 5.49. The molecule has 3 aromatic rings. The lowest BCUT2D eigenvalue weighted by Gasteiger charge is -2.33. The minimum atomic E-state index is 0.839. The van der Waals surface area contributed by atoms with Crippen LogP contribution in [0.1, 0.15) is 13.8 Å². The molecule has 2 aliphatic rings. The van der Waals surface area contributed by atoms with Gasteiger partial charge in [0.1, 0.15) is 5.82 Å². The van der Waals surface area contributed by atoms with Gasteiger partial charge in [0, 0.05) is 69.5 Å². The van der Waals surface area contributed by atoms with Crippen LogP contribution in [0.15, 0.2) is 54.6 Å². The molecule has 0 bridgehead atoms. The van der Waals surface area contributed by atoms with Crippen LogP contribution in [0.25, 0.3) is 22.0 Å². The molecule has 5 rings (SSSR count). The average molecular weight is 462 g/mol. The van der Waals surface area contributed by atoms with Crippen molar-refractivity contribution in [3.05, 3.63) is 54.6 Å². The highest BCUT2D eigenvalue weighted by Gasteiger charge is 2.18.